The number of anilines is 1. The summed E-state index contributed by atoms with van der Waals surface area (Å²) < 4.78 is 5.11. The lowest BCUT2D eigenvalue weighted by atomic mass is 10.1. The second-order valence-corrected chi connectivity index (χ2v) is 6.96. The van der Waals surface area contributed by atoms with Gasteiger partial charge in [-0.2, -0.15) is 0 Å². The van der Waals surface area contributed by atoms with Crippen LogP contribution in [0.4, 0.5) is 5.13 Å². The van der Waals surface area contributed by atoms with E-state index in [1.165, 1.54) is 22.5 Å². The van der Waals surface area contributed by atoms with Crippen molar-refractivity contribution < 1.29 is 9.53 Å². The standard InChI is InChI=1S/C20H20N2O2S/c1-13-4-6-15(7-5-13)12-18-14(2)21-20(25-18)22-19(23)16-8-10-17(24-3)11-9-16/h4-11H,12H2,1-3H3,(H,21,22,23). The number of hydrogen-bond donors (Lipinski definition) is 1. The van der Waals surface area contributed by atoms with Crippen LogP contribution in [0.25, 0.3) is 0 Å². The molecule has 1 heterocycles. The third kappa shape index (κ3) is 4.25. The highest BCUT2D eigenvalue weighted by atomic mass is 32.1. The van der Waals surface area contributed by atoms with Crippen molar-refractivity contribution in [1.82, 2.24) is 4.98 Å². The van der Waals surface area contributed by atoms with Gasteiger partial charge in [0.05, 0.1) is 12.8 Å². The highest BCUT2D eigenvalue weighted by molar-refractivity contribution is 7.15. The van der Waals surface area contributed by atoms with Crippen LogP contribution < -0.4 is 10.1 Å². The van der Waals surface area contributed by atoms with Crippen molar-refractivity contribution in [2.24, 2.45) is 0 Å². The lowest BCUT2D eigenvalue weighted by molar-refractivity contribution is 0.102. The van der Waals surface area contributed by atoms with Crippen LogP contribution in [0.1, 0.15) is 32.1 Å². The van der Waals surface area contributed by atoms with Crippen LogP contribution in [0, 0.1) is 13.8 Å². The average molecular weight is 352 g/mol. The van der Waals surface area contributed by atoms with Gasteiger partial charge < -0.3 is 4.74 Å². The molecule has 0 aliphatic rings. The van der Waals surface area contributed by atoms with Crippen LogP contribution in [-0.4, -0.2) is 18.0 Å². The molecule has 0 atom stereocenters. The number of ether oxygens (including phenoxy) is 1. The molecule has 0 bridgehead atoms. The second kappa shape index (κ2) is 7.49. The predicted octanol–water partition coefficient (Wildman–Crippen LogP) is 4.61. The zero-order valence-corrected chi connectivity index (χ0v) is 15.3. The van der Waals surface area contributed by atoms with Crippen LogP contribution in [0.3, 0.4) is 0 Å². The summed E-state index contributed by atoms with van der Waals surface area (Å²) in [5.41, 5.74) is 4.02. The lowest BCUT2D eigenvalue weighted by Crippen LogP contribution is -2.11. The summed E-state index contributed by atoms with van der Waals surface area (Å²) in [6, 6.07) is 15.5. The zero-order valence-electron chi connectivity index (χ0n) is 14.5. The minimum atomic E-state index is -0.168. The van der Waals surface area contributed by atoms with Crippen molar-refractivity contribution in [2.45, 2.75) is 20.3 Å². The number of rotatable bonds is 5. The normalized spacial score (nSPS) is 10.5. The van der Waals surface area contributed by atoms with Gasteiger partial charge in [-0.3, -0.25) is 10.1 Å². The number of methoxy groups -OCH3 is 1. The molecule has 1 aromatic heterocycles. The summed E-state index contributed by atoms with van der Waals surface area (Å²) in [6.45, 7) is 4.05. The van der Waals surface area contributed by atoms with E-state index < -0.39 is 0 Å². The number of amides is 1. The highest BCUT2D eigenvalue weighted by Crippen LogP contribution is 2.26. The lowest BCUT2D eigenvalue weighted by Gasteiger charge is -2.03. The Morgan fingerprint density at radius 2 is 1.76 bits per heavy atom. The summed E-state index contributed by atoms with van der Waals surface area (Å²) in [4.78, 5) is 18.0. The van der Waals surface area contributed by atoms with Gasteiger partial charge in [0.25, 0.3) is 5.91 Å². The fraction of sp³-hybridized carbons (Fsp3) is 0.200. The molecule has 2 aromatic carbocycles. The average Bonchev–Trinajstić information content (AvgIpc) is 2.96. The van der Waals surface area contributed by atoms with Crippen molar-refractivity contribution in [3.63, 3.8) is 0 Å². The molecule has 0 saturated heterocycles. The smallest absolute Gasteiger partial charge is 0.257 e. The van der Waals surface area contributed by atoms with E-state index in [0.717, 1.165) is 22.7 Å². The van der Waals surface area contributed by atoms with Gasteiger partial charge in [-0.25, -0.2) is 4.98 Å². The molecule has 1 amide bonds. The van der Waals surface area contributed by atoms with Gasteiger partial charge >= 0.3 is 0 Å². The predicted molar refractivity (Wildman–Crippen MR) is 102 cm³/mol. The van der Waals surface area contributed by atoms with Gasteiger partial charge in [-0.05, 0) is 43.7 Å². The zero-order chi connectivity index (χ0) is 17.8. The van der Waals surface area contributed by atoms with Crippen molar-refractivity contribution in [1.29, 1.82) is 0 Å². The monoisotopic (exact) mass is 352 g/mol. The van der Waals surface area contributed by atoms with Gasteiger partial charge in [0.15, 0.2) is 5.13 Å². The fourth-order valence-electron chi connectivity index (χ4n) is 2.45. The number of benzene rings is 2. The van der Waals surface area contributed by atoms with Crippen LogP contribution in [-0.2, 0) is 6.42 Å². The number of carbonyl (C=O) groups excluding carboxylic acids is 1. The minimum Gasteiger partial charge on any atom is -0.497 e. The van der Waals surface area contributed by atoms with E-state index in [-0.39, 0.29) is 5.91 Å². The van der Waals surface area contributed by atoms with E-state index in [2.05, 4.69) is 41.5 Å². The third-order valence-corrected chi connectivity index (χ3v) is 5.02. The Morgan fingerprint density at radius 3 is 2.40 bits per heavy atom. The first-order chi connectivity index (χ1) is 12.0. The van der Waals surface area contributed by atoms with E-state index in [4.69, 9.17) is 4.74 Å². The first kappa shape index (κ1) is 17.2. The summed E-state index contributed by atoms with van der Waals surface area (Å²) in [6.07, 6.45) is 0.822. The largest absolute Gasteiger partial charge is 0.497 e. The summed E-state index contributed by atoms with van der Waals surface area (Å²) in [5.74, 6) is 0.556. The number of thiazole rings is 1. The molecule has 3 rings (SSSR count). The maximum absolute atomic E-state index is 12.3. The molecule has 0 unspecified atom stereocenters. The molecule has 0 aliphatic carbocycles. The Kier molecular flexibility index (Phi) is 5.14. The van der Waals surface area contributed by atoms with Crippen LogP contribution in [0.5, 0.6) is 5.75 Å². The Balaban J connectivity index is 1.70. The number of nitrogens with one attached hydrogen (secondary N) is 1. The Bertz CT molecular complexity index is 868. The van der Waals surface area contributed by atoms with Crippen molar-refractivity contribution in [2.75, 3.05) is 12.4 Å². The molecular weight excluding hydrogens is 332 g/mol. The van der Waals surface area contributed by atoms with E-state index in [0.29, 0.717) is 10.7 Å². The van der Waals surface area contributed by atoms with E-state index in [9.17, 15) is 4.79 Å². The van der Waals surface area contributed by atoms with E-state index >= 15 is 0 Å². The molecule has 0 radical (unpaired) electrons. The third-order valence-electron chi connectivity index (χ3n) is 3.95. The first-order valence-electron chi connectivity index (χ1n) is 8.02. The summed E-state index contributed by atoms with van der Waals surface area (Å²) in [7, 11) is 1.60. The summed E-state index contributed by atoms with van der Waals surface area (Å²) >= 11 is 1.52. The number of hydrogen-bond acceptors (Lipinski definition) is 4. The molecule has 0 fully saturated rings. The van der Waals surface area contributed by atoms with Gasteiger partial charge in [-0.15, -0.1) is 11.3 Å². The Labute approximate surface area is 151 Å². The second-order valence-electron chi connectivity index (χ2n) is 5.87. The number of nitrogens with zero attached hydrogens (tertiary/aromatic N) is 1. The molecule has 0 saturated carbocycles. The molecule has 1 N–H and O–H groups in total. The molecular formula is C20H20N2O2S. The van der Waals surface area contributed by atoms with Crippen molar-refractivity contribution in [3.8, 4) is 5.75 Å². The molecule has 0 spiro atoms. The maximum atomic E-state index is 12.3. The molecule has 5 heteroatoms. The van der Waals surface area contributed by atoms with E-state index in [1.54, 1.807) is 31.4 Å². The SMILES string of the molecule is COc1ccc(C(=O)Nc2nc(C)c(Cc3ccc(C)cc3)s2)cc1. The molecule has 25 heavy (non-hydrogen) atoms. The van der Waals surface area contributed by atoms with Crippen molar-refractivity contribution in [3.05, 3.63) is 75.8 Å². The fourth-order valence-corrected chi connectivity index (χ4v) is 3.44. The Hall–Kier alpha value is -2.66. The van der Waals surface area contributed by atoms with Gasteiger partial charge in [0.2, 0.25) is 0 Å². The van der Waals surface area contributed by atoms with Crippen LogP contribution >= 0.6 is 11.3 Å². The van der Waals surface area contributed by atoms with Gasteiger partial charge in [0.1, 0.15) is 5.75 Å². The highest BCUT2D eigenvalue weighted by Gasteiger charge is 2.12. The van der Waals surface area contributed by atoms with Gasteiger partial charge in [0, 0.05) is 16.9 Å². The van der Waals surface area contributed by atoms with Crippen LogP contribution in [0.15, 0.2) is 48.5 Å². The quantitative estimate of drug-likeness (QED) is 0.729. The summed E-state index contributed by atoms with van der Waals surface area (Å²) in [5, 5.41) is 3.50. The van der Waals surface area contributed by atoms with Crippen LogP contribution in [0.2, 0.25) is 0 Å². The molecule has 128 valence electrons. The van der Waals surface area contributed by atoms with E-state index in [1.807, 2.05) is 6.92 Å². The number of carbonyl (C=O) groups is 1. The van der Waals surface area contributed by atoms with Gasteiger partial charge in [-0.1, -0.05) is 29.8 Å². The Morgan fingerprint density at radius 1 is 1.08 bits per heavy atom. The first-order valence-corrected chi connectivity index (χ1v) is 8.84. The molecule has 3 aromatic rings. The number of aryl methyl sites for hydroxylation is 2. The van der Waals surface area contributed by atoms with Crippen molar-refractivity contribution >= 4 is 22.4 Å². The molecule has 4 nitrogen and oxygen atoms in total. The number of aromatic nitrogens is 1. The maximum Gasteiger partial charge on any atom is 0.257 e. The molecule has 0 aliphatic heterocycles. The minimum absolute atomic E-state index is 0.168. The topological polar surface area (TPSA) is 51.2 Å².